The second kappa shape index (κ2) is 6.89. The van der Waals surface area contributed by atoms with Gasteiger partial charge in [-0.15, -0.1) is 0 Å². The number of hydrogen-bond acceptors (Lipinski definition) is 3. The Kier molecular flexibility index (Phi) is 5.17. The van der Waals surface area contributed by atoms with Crippen LogP contribution in [0, 0.1) is 0 Å². The van der Waals surface area contributed by atoms with Crippen molar-refractivity contribution in [2.45, 2.75) is 44.6 Å². The third-order valence-electron chi connectivity index (χ3n) is 3.96. The summed E-state index contributed by atoms with van der Waals surface area (Å²) in [7, 11) is 0. The molecular formula is C16H22N2O2S. The minimum atomic E-state index is -0.525. The Labute approximate surface area is 131 Å². The van der Waals surface area contributed by atoms with Crippen molar-refractivity contribution in [3.8, 4) is 5.75 Å². The molecule has 0 heterocycles. The Morgan fingerprint density at radius 3 is 2.43 bits per heavy atom. The molecule has 5 heteroatoms. The van der Waals surface area contributed by atoms with Crippen LogP contribution in [0.3, 0.4) is 0 Å². The first-order valence-electron chi connectivity index (χ1n) is 7.43. The van der Waals surface area contributed by atoms with E-state index in [1.165, 1.54) is 6.42 Å². The fourth-order valence-electron chi connectivity index (χ4n) is 2.75. The molecule has 1 saturated carbocycles. The SMILES string of the molecule is CCOc1ccc(C(=O)NC2(C(N)=S)CCCCC2)cc1. The predicted molar refractivity (Wildman–Crippen MR) is 87.7 cm³/mol. The van der Waals surface area contributed by atoms with Crippen LogP contribution in [-0.2, 0) is 0 Å². The van der Waals surface area contributed by atoms with Crippen LogP contribution in [0.25, 0.3) is 0 Å². The van der Waals surface area contributed by atoms with Crippen LogP contribution in [0.5, 0.6) is 5.75 Å². The summed E-state index contributed by atoms with van der Waals surface area (Å²) >= 11 is 5.19. The molecule has 3 N–H and O–H groups in total. The molecule has 1 amide bonds. The molecule has 0 aromatic heterocycles. The third-order valence-corrected chi connectivity index (χ3v) is 4.35. The highest BCUT2D eigenvalue weighted by molar-refractivity contribution is 7.80. The lowest BCUT2D eigenvalue weighted by Gasteiger charge is -2.37. The number of ether oxygens (including phenoxy) is 1. The first-order valence-corrected chi connectivity index (χ1v) is 7.83. The highest BCUT2D eigenvalue weighted by Crippen LogP contribution is 2.29. The number of nitrogens with one attached hydrogen (secondary N) is 1. The number of rotatable bonds is 5. The number of nitrogens with two attached hydrogens (primary N) is 1. The minimum absolute atomic E-state index is 0.132. The summed E-state index contributed by atoms with van der Waals surface area (Å²) < 4.78 is 5.38. The number of amides is 1. The van der Waals surface area contributed by atoms with E-state index in [9.17, 15) is 4.79 Å². The van der Waals surface area contributed by atoms with Gasteiger partial charge in [-0.2, -0.15) is 0 Å². The largest absolute Gasteiger partial charge is 0.494 e. The fraction of sp³-hybridized carbons (Fsp3) is 0.500. The average Bonchev–Trinajstić information content (AvgIpc) is 2.49. The third kappa shape index (κ3) is 3.73. The average molecular weight is 306 g/mol. The summed E-state index contributed by atoms with van der Waals surface area (Å²) in [5, 5.41) is 3.05. The van der Waals surface area contributed by atoms with E-state index in [1.807, 2.05) is 6.92 Å². The molecule has 1 aromatic rings. The summed E-state index contributed by atoms with van der Waals surface area (Å²) in [4.78, 5) is 12.8. The Balaban J connectivity index is 2.10. The molecule has 0 saturated heterocycles. The van der Waals surface area contributed by atoms with Crippen LogP contribution in [-0.4, -0.2) is 23.0 Å². The molecule has 0 unspecified atom stereocenters. The van der Waals surface area contributed by atoms with Gasteiger partial charge >= 0.3 is 0 Å². The molecule has 4 nitrogen and oxygen atoms in total. The van der Waals surface area contributed by atoms with Crippen molar-refractivity contribution in [2.24, 2.45) is 5.73 Å². The lowest BCUT2D eigenvalue weighted by Crippen LogP contribution is -2.57. The first-order chi connectivity index (χ1) is 10.1. The van der Waals surface area contributed by atoms with Gasteiger partial charge in [0.2, 0.25) is 0 Å². The van der Waals surface area contributed by atoms with Crippen molar-refractivity contribution >= 4 is 23.1 Å². The zero-order valence-corrected chi connectivity index (χ0v) is 13.2. The normalized spacial score (nSPS) is 17.0. The lowest BCUT2D eigenvalue weighted by atomic mass is 9.81. The molecular weight excluding hydrogens is 284 g/mol. The molecule has 0 spiro atoms. The van der Waals surface area contributed by atoms with E-state index in [0.29, 0.717) is 17.2 Å². The molecule has 1 aliphatic rings. The van der Waals surface area contributed by atoms with Crippen LogP contribution in [0.4, 0.5) is 0 Å². The van der Waals surface area contributed by atoms with Crippen LogP contribution in [0.1, 0.15) is 49.4 Å². The summed E-state index contributed by atoms with van der Waals surface area (Å²) in [6.07, 6.45) is 4.90. The van der Waals surface area contributed by atoms with Crippen molar-refractivity contribution in [3.05, 3.63) is 29.8 Å². The van der Waals surface area contributed by atoms with Crippen LogP contribution < -0.4 is 15.8 Å². The predicted octanol–water partition coefficient (Wildman–Crippen LogP) is 2.80. The van der Waals surface area contributed by atoms with E-state index in [1.54, 1.807) is 24.3 Å². The van der Waals surface area contributed by atoms with Crippen molar-refractivity contribution < 1.29 is 9.53 Å². The van der Waals surface area contributed by atoms with E-state index < -0.39 is 5.54 Å². The van der Waals surface area contributed by atoms with Gasteiger partial charge in [-0.25, -0.2) is 0 Å². The molecule has 0 aliphatic heterocycles. The van der Waals surface area contributed by atoms with Crippen LogP contribution >= 0.6 is 12.2 Å². The van der Waals surface area contributed by atoms with Gasteiger partial charge in [-0.3, -0.25) is 4.79 Å². The second-order valence-electron chi connectivity index (χ2n) is 5.42. The van der Waals surface area contributed by atoms with Gasteiger partial charge < -0.3 is 15.8 Å². The maximum Gasteiger partial charge on any atom is 0.252 e. The molecule has 21 heavy (non-hydrogen) atoms. The van der Waals surface area contributed by atoms with E-state index in [-0.39, 0.29) is 5.91 Å². The fourth-order valence-corrected chi connectivity index (χ4v) is 3.00. The quantitative estimate of drug-likeness (QED) is 0.821. The van der Waals surface area contributed by atoms with Crippen molar-refractivity contribution in [3.63, 3.8) is 0 Å². The summed E-state index contributed by atoms with van der Waals surface area (Å²) in [5.41, 5.74) is 5.96. The maximum atomic E-state index is 12.4. The van der Waals surface area contributed by atoms with E-state index in [2.05, 4.69) is 5.32 Å². The molecule has 1 fully saturated rings. The topological polar surface area (TPSA) is 64.3 Å². The summed E-state index contributed by atoms with van der Waals surface area (Å²) in [6, 6.07) is 7.12. The van der Waals surface area contributed by atoms with Gasteiger partial charge in [0.05, 0.1) is 17.1 Å². The maximum absolute atomic E-state index is 12.4. The molecule has 114 valence electrons. The van der Waals surface area contributed by atoms with Crippen molar-refractivity contribution in [1.29, 1.82) is 0 Å². The molecule has 0 bridgehead atoms. The first kappa shape index (κ1) is 15.8. The molecule has 0 atom stereocenters. The number of hydrogen-bond donors (Lipinski definition) is 2. The van der Waals surface area contributed by atoms with E-state index in [0.717, 1.165) is 31.4 Å². The van der Waals surface area contributed by atoms with Crippen LogP contribution in [0.15, 0.2) is 24.3 Å². The van der Waals surface area contributed by atoms with Gasteiger partial charge in [0.1, 0.15) is 5.75 Å². The second-order valence-corrected chi connectivity index (χ2v) is 5.86. The minimum Gasteiger partial charge on any atom is -0.494 e. The number of thiocarbonyl (C=S) groups is 1. The van der Waals surface area contributed by atoms with E-state index >= 15 is 0 Å². The Bertz CT molecular complexity index is 508. The Morgan fingerprint density at radius 2 is 1.90 bits per heavy atom. The van der Waals surface area contributed by atoms with Gasteiger partial charge in [0.25, 0.3) is 5.91 Å². The van der Waals surface area contributed by atoms with Crippen LogP contribution in [0.2, 0.25) is 0 Å². The number of carbonyl (C=O) groups is 1. The van der Waals surface area contributed by atoms with Gasteiger partial charge in [-0.05, 0) is 44.0 Å². The smallest absolute Gasteiger partial charge is 0.252 e. The van der Waals surface area contributed by atoms with Crippen molar-refractivity contribution in [1.82, 2.24) is 5.32 Å². The Morgan fingerprint density at radius 1 is 1.29 bits per heavy atom. The lowest BCUT2D eigenvalue weighted by molar-refractivity contribution is 0.0908. The number of benzene rings is 1. The van der Waals surface area contributed by atoms with Crippen molar-refractivity contribution in [2.75, 3.05) is 6.61 Å². The molecule has 2 rings (SSSR count). The van der Waals surface area contributed by atoms with Gasteiger partial charge in [0.15, 0.2) is 0 Å². The highest BCUT2D eigenvalue weighted by Gasteiger charge is 2.36. The zero-order valence-electron chi connectivity index (χ0n) is 12.4. The van der Waals surface area contributed by atoms with E-state index in [4.69, 9.17) is 22.7 Å². The zero-order chi connectivity index (χ0) is 15.3. The molecule has 0 radical (unpaired) electrons. The summed E-state index contributed by atoms with van der Waals surface area (Å²) in [6.45, 7) is 2.53. The summed E-state index contributed by atoms with van der Waals surface area (Å²) in [5.74, 6) is 0.628. The Hall–Kier alpha value is -1.62. The monoisotopic (exact) mass is 306 g/mol. The standard InChI is InChI=1S/C16H22N2O2S/c1-2-20-13-8-6-12(7-9-13)14(19)18-16(15(17)21)10-4-3-5-11-16/h6-9H,2-5,10-11H2,1H3,(H2,17,21)(H,18,19). The number of carbonyl (C=O) groups excluding carboxylic acids is 1. The molecule has 1 aliphatic carbocycles. The van der Waals surface area contributed by atoms with Gasteiger partial charge in [-0.1, -0.05) is 31.5 Å². The molecule has 1 aromatic carbocycles. The van der Waals surface area contributed by atoms with Gasteiger partial charge in [0, 0.05) is 5.56 Å². The highest BCUT2D eigenvalue weighted by atomic mass is 32.1.